The van der Waals surface area contributed by atoms with Crippen LogP contribution in [0.2, 0.25) is 0 Å². The van der Waals surface area contributed by atoms with Crippen LogP contribution in [0.15, 0.2) is 12.1 Å². The van der Waals surface area contributed by atoms with Crippen molar-refractivity contribution in [2.75, 3.05) is 32.5 Å². The molecule has 0 N–H and O–H groups in total. The third-order valence-corrected chi connectivity index (χ3v) is 3.54. The molecule has 1 aromatic rings. The first-order valence-electron chi connectivity index (χ1n) is 6.56. The van der Waals surface area contributed by atoms with Crippen LogP contribution in [-0.4, -0.2) is 32.5 Å². The summed E-state index contributed by atoms with van der Waals surface area (Å²) in [7, 11) is 0. The standard InChI is InChI=1S/C14H17ClO4/c15-3-5-16-8-14-11-7-13-12(18-9-19-13)6-10(11)2-1-4-17-14/h6-7,14H,1-5,8-9H2. The minimum atomic E-state index is -0.0461. The molecule has 0 amide bonds. The van der Waals surface area contributed by atoms with Gasteiger partial charge in [-0.15, -0.1) is 11.6 Å². The fraction of sp³-hybridized carbons (Fsp3) is 0.571. The number of rotatable bonds is 4. The number of hydrogen-bond acceptors (Lipinski definition) is 4. The average Bonchev–Trinajstić information content (AvgIpc) is 2.79. The molecule has 0 aliphatic carbocycles. The van der Waals surface area contributed by atoms with Crippen LogP contribution in [0.1, 0.15) is 23.7 Å². The van der Waals surface area contributed by atoms with Gasteiger partial charge in [-0.1, -0.05) is 0 Å². The Morgan fingerprint density at radius 1 is 1.26 bits per heavy atom. The summed E-state index contributed by atoms with van der Waals surface area (Å²) in [5.74, 6) is 2.13. The van der Waals surface area contributed by atoms with E-state index in [9.17, 15) is 0 Å². The maximum absolute atomic E-state index is 5.87. The molecule has 0 saturated heterocycles. The second-order valence-electron chi connectivity index (χ2n) is 4.63. The van der Waals surface area contributed by atoms with Crippen LogP contribution in [0.5, 0.6) is 11.5 Å². The van der Waals surface area contributed by atoms with Crippen LogP contribution in [0.25, 0.3) is 0 Å². The minimum Gasteiger partial charge on any atom is -0.454 e. The highest BCUT2D eigenvalue weighted by Crippen LogP contribution is 2.39. The third-order valence-electron chi connectivity index (χ3n) is 3.38. The summed E-state index contributed by atoms with van der Waals surface area (Å²) in [6, 6.07) is 4.10. The van der Waals surface area contributed by atoms with Crippen LogP contribution < -0.4 is 9.47 Å². The molecule has 0 saturated carbocycles. The summed E-state index contributed by atoms with van der Waals surface area (Å²) >= 11 is 5.63. The van der Waals surface area contributed by atoms with Gasteiger partial charge >= 0.3 is 0 Å². The van der Waals surface area contributed by atoms with E-state index in [1.54, 1.807) is 0 Å². The molecule has 1 unspecified atom stereocenters. The Morgan fingerprint density at radius 3 is 2.95 bits per heavy atom. The molecular weight excluding hydrogens is 268 g/mol. The van der Waals surface area contributed by atoms with E-state index in [1.807, 2.05) is 6.07 Å². The monoisotopic (exact) mass is 284 g/mol. The van der Waals surface area contributed by atoms with Crippen LogP contribution in [0, 0.1) is 0 Å². The van der Waals surface area contributed by atoms with Gasteiger partial charge < -0.3 is 18.9 Å². The summed E-state index contributed by atoms with van der Waals surface area (Å²) in [5.41, 5.74) is 2.41. The smallest absolute Gasteiger partial charge is 0.231 e. The Labute approximate surface area is 117 Å². The van der Waals surface area contributed by atoms with Gasteiger partial charge in [-0.2, -0.15) is 0 Å². The molecule has 104 valence electrons. The van der Waals surface area contributed by atoms with Gasteiger partial charge in [0.05, 0.1) is 13.2 Å². The fourth-order valence-electron chi connectivity index (χ4n) is 2.48. The number of alkyl halides is 1. The van der Waals surface area contributed by atoms with Gasteiger partial charge in [-0.3, -0.25) is 0 Å². The van der Waals surface area contributed by atoms with Crippen molar-refractivity contribution < 1.29 is 18.9 Å². The molecule has 4 nitrogen and oxygen atoms in total. The second-order valence-corrected chi connectivity index (χ2v) is 5.01. The maximum atomic E-state index is 5.87. The molecule has 19 heavy (non-hydrogen) atoms. The number of aryl methyl sites for hydroxylation is 1. The second kappa shape index (κ2) is 5.99. The van der Waals surface area contributed by atoms with Gasteiger partial charge in [0.25, 0.3) is 0 Å². The topological polar surface area (TPSA) is 36.9 Å². The Bertz CT molecular complexity index is 449. The molecule has 5 heteroatoms. The van der Waals surface area contributed by atoms with Crippen molar-refractivity contribution in [1.29, 1.82) is 0 Å². The van der Waals surface area contributed by atoms with Crippen molar-refractivity contribution >= 4 is 11.6 Å². The largest absolute Gasteiger partial charge is 0.454 e. The first-order valence-corrected chi connectivity index (χ1v) is 7.09. The molecule has 1 aromatic carbocycles. The van der Waals surface area contributed by atoms with Crippen molar-refractivity contribution in [1.82, 2.24) is 0 Å². The van der Waals surface area contributed by atoms with Gasteiger partial charge in [-0.05, 0) is 36.1 Å². The van der Waals surface area contributed by atoms with Gasteiger partial charge in [0, 0.05) is 12.5 Å². The van der Waals surface area contributed by atoms with Crippen LogP contribution in [0.3, 0.4) is 0 Å². The third kappa shape index (κ3) is 2.81. The Balaban J connectivity index is 1.84. The number of ether oxygens (including phenoxy) is 4. The Kier molecular flexibility index (Phi) is 4.11. The molecular formula is C14H17ClO4. The Hall–Kier alpha value is -0.970. The van der Waals surface area contributed by atoms with Gasteiger partial charge in [-0.25, -0.2) is 0 Å². The lowest BCUT2D eigenvalue weighted by atomic mass is 9.99. The van der Waals surface area contributed by atoms with Crippen molar-refractivity contribution in [3.8, 4) is 11.5 Å². The molecule has 0 radical (unpaired) electrons. The molecule has 1 atom stereocenters. The van der Waals surface area contributed by atoms with Crippen LogP contribution in [0.4, 0.5) is 0 Å². The summed E-state index contributed by atoms with van der Waals surface area (Å²) in [4.78, 5) is 0. The summed E-state index contributed by atoms with van der Waals surface area (Å²) < 4.78 is 22.3. The lowest BCUT2D eigenvalue weighted by Crippen LogP contribution is -2.13. The highest BCUT2D eigenvalue weighted by Gasteiger charge is 2.24. The molecule has 3 rings (SSSR count). The van der Waals surface area contributed by atoms with Gasteiger partial charge in [0.15, 0.2) is 11.5 Å². The van der Waals surface area contributed by atoms with Crippen LogP contribution in [-0.2, 0) is 15.9 Å². The lowest BCUT2D eigenvalue weighted by molar-refractivity contribution is -0.0120. The predicted octanol–water partition coefficient (Wildman–Crippen LogP) is 2.67. The van der Waals surface area contributed by atoms with Crippen LogP contribution >= 0.6 is 11.6 Å². The van der Waals surface area contributed by atoms with E-state index >= 15 is 0 Å². The van der Waals surface area contributed by atoms with E-state index in [0.29, 0.717) is 25.9 Å². The minimum absolute atomic E-state index is 0.0461. The zero-order valence-corrected chi connectivity index (χ0v) is 11.4. The van der Waals surface area contributed by atoms with Crippen molar-refractivity contribution in [3.05, 3.63) is 23.3 Å². The summed E-state index contributed by atoms with van der Waals surface area (Å²) in [5, 5.41) is 0. The molecule has 2 aliphatic rings. The lowest BCUT2D eigenvalue weighted by Gasteiger charge is -2.18. The van der Waals surface area contributed by atoms with Crippen molar-refractivity contribution in [3.63, 3.8) is 0 Å². The van der Waals surface area contributed by atoms with E-state index in [-0.39, 0.29) is 6.10 Å². The van der Waals surface area contributed by atoms with Crippen molar-refractivity contribution in [2.45, 2.75) is 18.9 Å². The van der Waals surface area contributed by atoms with E-state index in [1.165, 1.54) is 5.56 Å². The molecule has 0 fully saturated rings. The molecule has 2 aliphatic heterocycles. The number of halogens is 1. The fourth-order valence-corrected chi connectivity index (χ4v) is 2.59. The number of benzene rings is 1. The first kappa shape index (κ1) is 13.0. The first-order chi connectivity index (χ1) is 9.38. The highest BCUT2D eigenvalue weighted by atomic mass is 35.5. The highest BCUT2D eigenvalue weighted by molar-refractivity contribution is 6.17. The Morgan fingerprint density at radius 2 is 2.11 bits per heavy atom. The van der Waals surface area contributed by atoms with E-state index < -0.39 is 0 Å². The average molecular weight is 285 g/mol. The zero-order valence-electron chi connectivity index (χ0n) is 10.7. The molecule has 2 heterocycles. The van der Waals surface area contributed by atoms with E-state index in [0.717, 1.165) is 36.5 Å². The quantitative estimate of drug-likeness (QED) is 0.629. The summed E-state index contributed by atoms with van der Waals surface area (Å²) in [6.07, 6.45) is 1.96. The normalized spacial score (nSPS) is 21.0. The van der Waals surface area contributed by atoms with Crippen molar-refractivity contribution in [2.24, 2.45) is 0 Å². The van der Waals surface area contributed by atoms with Gasteiger partial charge in [0.2, 0.25) is 6.79 Å². The predicted molar refractivity (Wildman–Crippen MR) is 71.1 cm³/mol. The zero-order chi connectivity index (χ0) is 13.1. The SMILES string of the molecule is ClCCOCC1OCCCc2cc3c(cc21)OCO3. The van der Waals surface area contributed by atoms with E-state index in [2.05, 4.69) is 6.07 Å². The maximum Gasteiger partial charge on any atom is 0.231 e. The molecule has 0 spiro atoms. The molecule has 0 aromatic heterocycles. The van der Waals surface area contributed by atoms with Gasteiger partial charge in [0.1, 0.15) is 6.10 Å². The van der Waals surface area contributed by atoms with E-state index in [4.69, 9.17) is 30.5 Å². The number of hydrogen-bond donors (Lipinski definition) is 0. The molecule has 0 bridgehead atoms. The summed E-state index contributed by atoms with van der Waals surface area (Å²) in [6.45, 7) is 2.11. The number of fused-ring (bicyclic) bond motifs is 2.